The Kier molecular flexibility index (Phi) is 4.36. The van der Waals surface area contributed by atoms with Crippen molar-refractivity contribution in [3.05, 3.63) is 52.4 Å². The number of aliphatic hydroxyl groups is 1. The summed E-state index contributed by atoms with van der Waals surface area (Å²) in [5.74, 6) is 0. The van der Waals surface area contributed by atoms with E-state index in [0.717, 1.165) is 22.5 Å². The molecule has 4 nitrogen and oxygen atoms in total. The van der Waals surface area contributed by atoms with E-state index in [9.17, 15) is 8.42 Å². The van der Waals surface area contributed by atoms with E-state index in [1.165, 1.54) is 6.07 Å². The Morgan fingerprint density at radius 3 is 2.58 bits per heavy atom. The van der Waals surface area contributed by atoms with Gasteiger partial charge in [0.2, 0.25) is 10.0 Å². The highest BCUT2D eigenvalue weighted by Crippen LogP contribution is 2.21. The van der Waals surface area contributed by atoms with Crippen molar-refractivity contribution in [2.24, 2.45) is 0 Å². The highest BCUT2D eigenvalue weighted by atomic mass is 32.2. The van der Waals surface area contributed by atoms with E-state index < -0.39 is 10.0 Å². The van der Waals surface area contributed by atoms with Crippen molar-refractivity contribution in [2.75, 3.05) is 0 Å². The first-order valence-electron chi connectivity index (χ1n) is 5.76. The number of sulfonamides is 1. The van der Waals surface area contributed by atoms with Gasteiger partial charge in [-0.25, -0.2) is 13.1 Å². The van der Waals surface area contributed by atoms with Gasteiger partial charge < -0.3 is 5.11 Å². The second-order valence-corrected chi connectivity index (χ2v) is 7.29. The Labute approximate surface area is 116 Å². The summed E-state index contributed by atoms with van der Waals surface area (Å²) in [5.41, 5.74) is 2.00. The summed E-state index contributed by atoms with van der Waals surface area (Å²) < 4.78 is 26.9. The van der Waals surface area contributed by atoms with Crippen LogP contribution < -0.4 is 4.72 Å². The maximum atomic E-state index is 12.1. The molecule has 2 N–H and O–H groups in total. The lowest BCUT2D eigenvalue weighted by Gasteiger charge is -2.07. The first-order chi connectivity index (χ1) is 9.03. The lowest BCUT2D eigenvalue weighted by atomic mass is 10.1. The molecule has 0 fully saturated rings. The zero-order valence-corrected chi connectivity index (χ0v) is 12.1. The molecule has 19 heavy (non-hydrogen) atoms. The van der Waals surface area contributed by atoms with Crippen LogP contribution in [0, 0.1) is 6.92 Å². The fourth-order valence-corrected chi connectivity index (χ4v) is 3.91. The third kappa shape index (κ3) is 3.42. The Morgan fingerprint density at radius 2 is 1.95 bits per heavy atom. The number of benzene rings is 1. The molecule has 0 aliphatic carbocycles. The number of aliphatic hydroxyl groups excluding tert-OH is 1. The smallest absolute Gasteiger partial charge is 0.250 e. The molecule has 0 aliphatic rings. The molecule has 0 bridgehead atoms. The minimum atomic E-state index is -3.51. The molecule has 0 saturated carbocycles. The number of hydrogen-bond acceptors (Lipinski definition) is 4. The van der Waals surface area contributed by atoms with E-state index in [0.29, 0.717) is 4.88 Å². The molecule has 0 aliphatic heterocycles. The van der Waals surface area contributed by atoms with Crippen LogP contribution in [0.5, 0.6) is 0 Å². The highest BCUT2D eigenvalue weighted by molar-refractivity contribution is 7.91. The summed E-state index contributed by atoms with van der Waals surface area (Å²) in [7, 11) is -3.51. The summed E-state index contributed by atoms with van der Waals surface area (Å²) in [6.07, 6.45) is 0. The molecule has 0 amide bonds. The fourth-order valence-electron chi connectivity index (χ4n) is 1.64. The number of thiophene rings is 1. The van der Waals surface area contributed by atoms with Gasteiger partial charge in [0, 0.05) is 11.4 Å². The lowest BCUT2D eigenvalue weighted by Crippen LogP contribution is -2.22. The van der Waals surface area contributed by atoms with Crippen molar-refractivity contribution < 1.29 is 13.5 Å². The summed E-state index contributed by atoms with van der Waals surface area (Å²) in [6.45, 7) is 2.07. The van der Waals surface area contributed by atoms with Crippen LogP contribution >= 0.6 is 11.3 Å². The molecule has 1 aromatic heterocycles. The van der Waals surface area contributed by atoms with Gasteiger partial charge in [-0.1, -0.05) is 24.3 Å². The maximum absolute atomic E-state index is 12.1. The zero-order valence-electron chi connectivity index (χ0n) is 10.5. The second-order valence-electron chi connectivity index (χ2n) is 4.13. The molecule has 102 valence electrons. The van der Waals surface area contributed by atoms with Gasteiger partial charge in [-0.05, 0) is 30.2 Å². The van der Waals surface area contributed by atoms with Gasteiger partial charge in [-0.3, -0.25) is 0 Å². The summed E-state index contributed by atoms with van der Waals surface area (Å²) >= 11 is 1.08. The van der Waals surface area contributed by atoms with Crippen molar-refractivity contribution in [2.45, 2.75) is 24.3 Å². The molecule has 0 saturated heterocycles. The minimum absolute atomic E-state index is 0.141. The standard InChI is InChI=1S/C13H15NO3S2/c1-10-4-2-3-5-11(10)8-14-19(16,17)13-7-6-12(9-15)18-13/h2-7,14-15H,8-9H2,1H3. The summed E-state index contributed by atoms with van der Waals surface area (Å²) in [6, 6.07) is 10.8. The molecular formula is C13H15NO3S2. The van der Waals surface area contributed by atoms with Gasteiger partial charge in [-0.2, -0.15) is 0 Å². The Bertz CT molecular complexity index is 662. The van der Waals surface area contributed by atoms with Gasteiger partial charge in [0.05, 0.1) is 6.61 Å². The van der Waals surface area contributed by atoms with E-state index in [1.54, 1.807) is 6.07 Å². The van der Waals surface area contributed by atoms with Crippen molar-refractivity contribution in [1.82, 2.24) is 4.72 Å². The third-order valence-electron chi connectivity index (χ3n) is 2.77. The van der Waals surface area contributed by atoms with E-state index in [2.05, 4.69) is 4.72 Å². The monoisotopic (exact) mass is 297 g/mol. The number of aryl methyl sites for hydroxylation is 1. The van der Waals surface area contributed by atoms with Gasteiger partial charge in [0.1, 0.15) is 4.21 Å². The van der Waals surface area contributed by atoms with Crippen LogP contribution in [0.4, 0.5) is 0 Å². The van der Waals surface area contributed by atoms with Crippen molar-refractivity contribution in [1.29, 1.82) is 0 Å². The van der Waals surface area contributed by atoms with Crippen molar-refractivity contribution in [3.8, 4) is 0 Å². The summed E-state index contributed by atoms with van der Waals surface area (Å²) in [5, 5.41) is 8.96. The van der Waals surface area contributed by atoms with E-state index in [1.807, 2.05) is 31.2 Å². The van der Waals surface area contributed by atoms with E-state index >= 15 is 0 Å². The van der Waals surface area contributed by atoms with Crippen LogP contribution in [0.2, 0.25) is 0 Å². The molecule has 2 aromatic rings. The molecule has 2 rings (SSSR count). The first kappa shape index (κ1) is 14.2. The molecule has 6 heteroatoms. The highest BCUT2D eigenvalue weighted by Gasteiger charge is 2.16. The molecule has 0 unspecified atom stereocenters. The fraction of sp³-hybridized carbons (Fsp3) is 0.231. The largest absolute Gasteiger partial charge is 0.391 e. The third-order valence-corrected chi connectivity index (χ3v) is 5.73. The normalized spacial score (nSPS) is 11.7. The quantitative estimate of drug-likeness (QED) is 0.887. The zero-order chi connectivity index (χ0) is 13.9. The van der Waals surface area contributed by atoms with Crippen LogP contribution in [-0.2, 0) is 23.2 Å². The average molecular weight is 297 g/mol. The van der Waals surface area contributed by atoms with Crippen LogP contribution in [0.25, 0.3) is 0 Å². The second kappa shape index (κ2) is 5.83. The van der Waals surface area contributed by atoms with Gasteiger partial charge in [-0.15, -0.1) is 11.3 Å². The number of rotatable bonds is 5. The molecule has 0 atom stereocenters. The average Bonchev–Trinajstić information content (AvgIpc) is 2.87. The summed E-state index contributed by atoms with van der Waals surface area (Å²) in [4.78, 5) is 0.635. The van der Waals surface area contributed by atoms with Gasteiger partial charge in [0.25, 0.3) is 0 Å². The number of hydrogen-bond donors (Lipinski definition) is 2. The number of nitrogens with one attached hydrogen (secondary N) is 1. The lowest BCUT2D eigenvalue weighted by molar-refractivity contribution is 0.285. The molecule has 1 aromatic carbocycles. The van der Waals surface area contributed by atoms with Gasteiger partial charge in [0.15, 0.2) is 0 Å². The molecule has 1 heterocycles. The molecule has 0 spiro atoms. The van der Waals surface area contributed by atoms with E-state index in [-0.39, 0.29) is 17.4 Å². The minimum Gasteiger partial charge on any atom is -0.391 e. The maximum Gasteiger partial charge on any atom is 0.250 e. The Balaban J connectivity index is 2.12. The SMILES string of the molecule is Cc1ccccc1CNS(=O)(=O)c1ccc(CO)s1. The molecule has 0 radical (unpaired) electrons. The predicted octanol–water partition coefficient (Wildman–Crippen LogP) is 2.03. The first-order valence-corrected chi connectivity index (χ1v) is 8.06. The Morgan fingerprint density at radius 1 is 1.21 bits per heavy atom. The van der Waals surface area contributed by atoms with Gasteiger partial charge >= 0.3 is 0 Å². The molecular weight excluding hydrogens is 282 g/mol. The van der Waals surface area contributed by atoms with E-state index in [4.69, 9.17) is 5.11 Å². The van der Waals surface area contributed by atoms with Crippen LogP contribution in [0.1, 0.15) is 16.0 Å². The predicted molar refractivity (Wildman–Crippen MR) is 75.4 cm³/mol. The topological polar surface area (TPSA) is 66.4 Å². The van der Waals surface area contributed by atoms with Crippen molar-refractivity contribution >= 4 is 21.4 Å². The van der Waals surface area contributed by atoms with Crippen LogP contribution in [0.3, 0.4) is 0 Å². The van der Waals surface area contributed by atoms with Crippen LogP contribution in [-0.4, -0.2) is 13.5 Å². The van der Waals surface area contributed by atoms with Crippen molar-refractivity contribution in [3.63, 3.8) is 0 Å². The Hall–Kier alpha value is -1.21. The van der Waals surface area contributed by atoms with Crippen LogP contribution in [0.15, 0.2) is 40.6 Å².